The van der Waals surface area contributed by atoms with Crippen LogP contribution in [0.25, 0.3) is 0 Å². The van der Waals surface area contributed by atoms with Crippen molar-refractivity contribution in [2.45, 2.75) is 52.9 Å². The molecule has 0 radical (unpaired) electrons. The molecule has 0 saturated heterocycles. The number of rotatable bonds is 0. The molecule has 1 fully saturated rings. The summed E-state index contributed by atoms with van der Waals surface area (Å²) in [6.07, 6.45) is 7.34. The molecule has 11 heavy (non-hydrogen) atoms. The van der Waals surface area contributed by atoms with Crippen molar-refractivity contribution in [2.75, 3.05) is 0 Å². The molecule has 0 aromatic carbocycles. The first-order chi connectivity index (χ1) is 5.22. The molecule has 0 N–H and O–H groups in total. The lowest BCUT2D eigenvalue weighted by atomic mass is 9.78. The Morgan fingerprint density at radius 2 is 1.18 bits per heavy atom. The zero-order valence-corrected chi connectivity index (χ0v) is 8.27. The normalized spacial score (nSPS) is 41.2. The molecule has 0 aromatic heterocycles. The van der Waals surface area contributed by atoms with E-state index in [2.05, 4.69) is 20.8 Å². The van der Waals surface area contributed by atoms with Crippen molar-refractivity contribution in [1.29, 1.82) is 0 Å². The van der Waals surface area contributed by atoms with Crippen LogP contribution in [0.2, 0.25) is 0 Å². The molecule has 0 nitrogen and oxygen atoms in total. The molecule has 2 atom stereocenters. The van der Waals surface area contributed by atoms with Gasteiger partial charge in [0.1, 0.15) is 0 Å². The van der Waals surface area contributed by atoms with Crippen molar-refractivity contribution < 1.29 is 0 Å². The minimum absolute atomic E-state index is 0.954. The van der Waals surface area contributed by atoms with E-state index in [4.69, 9.17) is 0 Å². The average Bonchev–Trinajstić information content (AvgIpc) is 2.00. The van der Waals surface area contributed by atoms with Gasteiger partial charge in [-0.05, 0) is 17.8 Å². The summed E-state index contributed by atoms with van der Waals surface area (Å²) < 4.78 is 0. The largest absolute Gasteiger partial charge is 0.0622 e. The molecule has 1 saturated carbocycles. The van der Waals surface area contributed by atoms with Crippen molar-refractivity contribution in [2.24, 2.45) is 17.8 Å². The van der Waals surface area contributed by atoms with Crippen LogP contribution in [0.3, 0.4) is 0 Å². The SMILES string of the molecule is CC1CCCCCC(C)C1C. The molecule has 1 aliphatic carbocycles. The Labute approximate surface area is 71.4 Å². The fraction of sp³-hybridized carbons (Fsp3) is 1.00. The maximum atomic E-state index is 2.43. The predicted molar refractivity (Wildman–Crippen MR) is 50.6 cm³/mol. The molecular weight excluding hydrogens is 132 g/mol. The molecule has 0 aliphatic heterocycles. The van der Waals surface area contributed by atoms with E-state index in [-0.39, 0.29) is 0 Å². The van der Waals surface area contributed by atoms with E-state index >= 15 is 0 Å². The highest BCUT2D eigenvalue weighted by Crippen LogP contribution is 2.31. The molecule has 0 heteroatoms. The summed E-state index contributed by atoms with van der Waals surface area (Å²) in [6.45, 7) is 7.28. The summed E-state index contributed by atoms with van der Waals surface area (Å²) >= 11 is 0. The van der Waals surface area contributed by atoms with Gasteiger partial charge >= 0.3 is 0 Å². The van der Waals surface area contributed by atoms with Crippen LogP contribution >= 0.6 is 0 Å². The van der Waals surface area contributed by atoms with Crippen molar-refractivity contribution in [3.8, 4) is 0 Å². The van der Waals surface area contributed by atoms with Crippen LogP contribution < -0.4 is 0 Å². The van der Waals surface area contributed by atoms with Gasteiger partial charge in [-0.25, -0.2) is 0 Å². The smallest absolute Gasteiger partial charge is 0.0391 e. The fourth-order valence-electron chi connectivity index (χ4n) is 2.20. The lowest BCUT2D eigenvalue weighted by Crippen LogP contribution is -2.18. The maximum Gasteiger partial charge on any atom is -0.0391 e. The zero-order valence-electron chi connectivity index (χ0n) is 8.27. The minimum atomic E-state index is 0.954. The third-order valence-electron chi connectivity index (χ3n) is 3.61. The van der Waals surface area contributed by atoms with Crippen LogP contribution in [0, 0.1) is 17.8 Å². The lowest BCUT2D eigenvalue weighted by molar-refractivity contribution is 0.226. The van der Waals surface area contributed by atoms with Gasteiger partial charge in [-0.1, -0.05) is 52.9 Å². The van der Waals surface area contributed by atoms with Gasteiger partial charge in [0.25, 0.3) is 0 Å². The van der Waals surface area contributed by atoms with Crippen LogP contribution in [0.1, 0.15) is 52.9 Å². The van der Waals surface area contributed by atoms with Crippen LogP contribution in [-0.2, 0) is 0 Å². The second-order valence-electron chi connectivity index (χ2n) is 4.45. The van der Waals surface area contributed by atoms with Gasteiger partial charge in [0, 0.05) is 0 Å². The second-order valence-corrected chi connectivity index (χ2v) is 4.45. The average molecular weight is 154 g/mol. The summed E-state index contributed by atoms with van der Waals surface area (Å²) in [5, 5.41) is 0. The summed E-state index contributed by atoms with van der Waals surface area (Å²) in [5.74, 6) is 2.88. The Bertz CT molecular complexity index is 94.6. The molecule has 0 bridgehead atoms. The molecule has 1 rings (SSSR count). The highest BCUT2D eigenvalue weighted by Gasteiger charge is 2.20. The highest BCUT2D eigenvalue weighted by atomic mass is 14.3. The van der Waals surface area contributed by atoms with Crippen LogP contribution in [0.4, 0.5) is 0 Å². The third-order valence-corrected chi connectivity index (χ3v) is 3.61. The highest BCUT2D eigenvalue weighted by molar-refractivity contribution is 4.71. The molecule has 2 unspecified atom stereocenters. The Kier molecular flexibility index (Phi) is 3.42. The van der Waals surface area contributed by atoms with Crippen molar-refractivity contribution in [1.82, 2.24) is 0 Å². The summed E-state index contributed by atoms with van der Waals surface area (Å²) in [5.41, 5.74) is 0. The predicted octanol–water partition coefficient (Wildman–Crippen LogP) is 3.86. The van der Waals surface area contributed by atoms with Crippen molar-refractivity contribution >= 4 is 0 Å². The Hall–Kier alpha value is 0. The van der Waals surface area contributed by atoms with Gasteiger partial charge in [0.15, 0.2) is 0 Å². The summed E-state index contributed by atoms with van der Waals surface area (Å²) in [7, 11) is 0. The van der Waals surface area contributed by atoms with E-state index in [0.29, 0.717) is 0 Å². The summed E-state index contributed by atoms with van der Waals surface area (Å²) in [4.78, 5) is 0. The maximum absolute atomic E-state index is 2.43. The van der Waals surface area contributed by atoms with E-state index in [9.17, 15) is 0 Å². The van der Waals surface area contributed by atoms with E-state index in [1.54, 1.807) is 0 Å². The van der Waals surface area contributed by atoms with Gasteiger partial charge < -0.3 is 0 Å². The van der Waals surface area contributed by atoms with E-state index in [1.807, 2.05) is 0 Å². The van der Waals surface area contributed by atoms with Crippen molar-refractivity contribution in [3.63, 3.8) is 0 Å². The second kappa shape index (κ2) is 4.13. The molecule has 0 spiro atoms. The number of hydrogen-bond donors (Lipinski definition) is 0. The molecule has 66 valence electrons. The van der Waals surface area contributed by atoms with Crippen molar-refractivity contribution in [3.05, 3.63) is 0 Å². The first-order valence-corrected chi connectivity index (χ1v) is 5.22. The Morgan fingerprint density at radius 3 is 1.64 bits per heavy atom. The van der Waals surface area contributed by atoms with E-state index in [1.165, 1.54) is 32.1 Å². The monoisotopic (exact) mass is 154 g/mol. The van der Waals surface area contributed by atoms with Crippen LogP contribution in [0.5, 0.6) is 0 Å². The third kappa shape index (κ3) is 2.50. The van der Waals surface area contributed by atoms with Gasteiger partial charge in [0.2, 0.25) is 0 Å². The summed E-state index contributed by atoms with van der Waals surface area (Å²) in [6, 6.07) is 0. The van der Waals surface area contributed by atoms with E-state index < -0.39 is 0 Å². The van der Waals surface area contributed by atoms with Gasteiger partial charge in [0.05, 0.1) is 0 Å². The standard InChI is InChI=1S/C11H22/c1-9-7-5-4-6-8-10(2)11(9)3/h9-11H,4-8H2,1-3H3. The molecule has 0 heterocycles. The number of hydrogen-bond acceptors (Lipinski definition) is 0. The molecule has 1 aliphatic rings. The van der Waals surface area contributed by atoms with Gasteiger partial charge in [-0.3, -0.25) is 0 Å². The lowest BCUT2D eigenvalue weighted by Gasteiger charge is -2.28. The quantitative estimate of drug-likeness (QED) is 0.497. The van der Waals surface area contributed by atoms with E-state index in [0.717, 1.165) is 17.8 Å². The minimum Gasteiger partial charge on any atom is -0.0622 e. The van der Waals surface area contributed by atoms with Gasteiger partial charge in [-0.2, -0.15) is 0 Å². The first kappa shape index (κ1) is 9.09. The molecule has 0 aromatic rings. The Balaban J connectivity index is 2.42. The van der Waals surface area contributed by atoms with Crippen LogP contribution in [-0.4, -0.2) is 0 Å². The topological polar surface area (TPSA) is 0 Å². The Morgan fingerprint density at radius 1 is 0.727 bits per heavy atom. The van der Waals surface area contributed by atoms with Gasteiger partial charge in [-0.15, -0.1) is 0 Å². The molecular formula is C11H22. The fourth-order valence-corrected chi connectivity index (χ4v) is 2.20. The first-order valence-electron chi connectivity index (χ1n) is 5.22. The zero-order chi connectivity index (χ0) is 8.27. The molecule has 0 amide bonds. The van der Waals surface area contributed by atoms with Crippen LogP contribution in [0.15, 0.2) is 0 Å².